The predicted octanol–water partition coefficient (Wildman–Crippen LogP) is 5.54. The second-order valence-electron chi connectivity index (χ2n) is 5.57. The van der Waals surface area contributed by atoms with Gasteiger partial charge in [0.2, 0.25) is 0 Å². The van der Waals surface area contributed by atoms with Crippen LogP contribution >= 0.6 is 23.2 Å². The summed E-state index contributed by atoms with van der Waals surface area (Å²) in [6.07, 6.45) is 6.40. The highest BCUT2D eigenvalue weighted by molar-refractivity contribution is 6.30. The molecule has 0 radical (unpaired) electrons. The molecule has 0 N–H and O–H groups in total. The molecule has 3 rings (SSSR count). The smallest absolute Gasteiger partial charge is 0.0945 e. The van der Waals surface area contributed by atoms with Crippen LogP contribution in [0.3, 0.4) is 0 Å². The van der Waals surface area contributed by atoms with Gasteiger partial charge in [0.15, 0.2) is 0 Å². The van der Waals surface area contributed by atoms with Gasteiger partial charge in [-0.05, 0) is 41.8 Å². The fraction of sp³-hybridized carbons (Fsp3) is 0.211. The SMILES string of the molecule is Clc1ccc(COC(CCn2ccnc2)c2ccc(Cl)cc2)cc1. The van der Waals surface area contributed by atoms with Crippen molar-refractivity contribution in [2.24, 2.45) is 0 Å². The lowest BCUT2D eigenvalue weighted by atomic mass is 10.1. The third-order valence-corrected chi connectivity index (χ3v) is 4.32. The van der Waals surface area contributed by atoms with Crippen LogP contribution in [0, 0.1) is 0 Å². The Hall–Kier alpha value is -1.81. The quantitative estimate of drug-likeness (QED) is 0.553. The normalized spacial score (nSPS) is 12.2. The largest absolute Gasteiger partial charge is 0.369 e. The van der Waals surface area contributed by atoms with E-state index in [1.807, 2.05) is 61.1 Å². The monoisotopic (exact) mass is 360 g/mol. The van der Waals surface area contributed by atoms with E-state index >= 15 is 0 Å². The number of halogens is 2. The summed E-state index contributed by atoms with van der Waals surface area (Å²) in [5.41, 5.74) is 2.22. The van der Waals surface area contributed by atoms with Crippen molar-refractivity contribution in [2.75, 3.05) is 0 Å². The summed E-state index contributed by atoms with van der Waals surface area (Å²) in [6, 6.07) is 15.5. The van der Waals surface area contributed by atoms with Crippen molar-refractivity contribution in [1.82, 2.24) is 9.55 Å². The van der Waals surface area contributed by atoms with Gasteiger partial charge in [-0.2, -0.15) is 0 Å². The standard InChI is InChI=1S/C19H18Cl2N2O/c20-17-5-1-15(2-6-17)13-24-19(9-11-23-12-10-22-14-23)16-3-7-18(21)8-4-16/h1-8,10,12,14,19H,9,11,13H2. The molecule has 0 saturated carbocycles. The molecule has 0 aliphatic rings. The average molecular weight is 361 g/mol. The first kappa shape index (κ1) is 17.0. The molecule has 0 amide bonds. The van der Waals surface area contributed by atoms with Gasteiger partial charge in [-0.1, -0.05) is 47.5 Å². The van der Waals surface area contributed by atoms with E-state index in [0.29, 0.717) is 6.61 Å². The van der Waals surface area contributed by atoms with Crippen LogP contribution in [-0.4, -0.2) is 9.55 Å². The molecule has 1 atom stereocenters. The van der Waals surface area contributed by atoms with Crippen molar-refractivity contribution >= 4 is 23.2 Å². The van der Waals surface area contributed by atoms with Crippen LogP contribution in [0.4, 0.5) is 0 Å². The molecule has 0 fully saturated rings. The van der Waals surface area contributed by atoms with Crippen molar-refractivity contribution in [3.8, 4) is 0 Å². The Labute approximate surface area is 151 Å². The van der Waals surface area contributed by atoms with Gasteiger partial charge >= 0.3 is 0 Å². The topological polar surface area (TPSA) is 27.1 Å². The second-order valence-corrected chi connectivity index (χ2v) is 6.44. The third kappa shape index (κ3) is 4.84. The first-order valence-electron chi connectivity index (χ1n) is 7.78. The maximum atomic E-state index is 6.17. The van der Waals surface area contributed by atoms with E-state index in [9.17, 15) is 0 Å². The Morgan fingerprint density at radius 2 is 1.62 bits per heavy atom. The number of hydrogen-bond donors (Lipinski definition) is 0. The summed E-state index contributed by atoms with van der Waals surface area (Å²) in [6.45, 7) is 1.38. The van der Waals surface area contributed by atoms with E-state index in [-0.39, 0.29) is 6.10 Å². The molecular formula is C19H18Cl2N2O. The summed E-state index contributed by atoms with van der Waals surface area (Å²) in [4.78, 5) is 4.08. The van der Waals surface area contributed by atoms with Gasteiger partial charge in [0.05, 0.1) is 19.0 Å². The minimum absolute atomic E-state index is 0.0136. The van der Waals surface area contributed by atoms with E-state index in [1.54, 1.807) is 6.20 Å². The minimum Gasteiger partial charge on any atom is -0.369 e. The molecule has 5 heteroatoms. The first-order valence-corrected chi connectivity index (χ1v) is 8.53. The highest BCUT2D eigenvalue weighted by atomic mass is 35.5. The number of benzene rings is 2. The van der Waals surface area contributed by atoms with E-state index in [1.165, 1.54) is 0 Å². The van der Waals surface area contributed by atoms with E-state index < -0.39 is 0 Å². The van der Waals surface area contributed by atoms with Crippen molar-refractivity contribution < 1.29 is 4.74 Å². The van der Waals surface area contributed by atoms with E-state index in [2.05, 4.69) is 9.55 Å². The van der Waals surface area contributed by atoms with Gasteiger partial charge in [0.25, 0.3) is 0 Å². The predicted molar refractivity (Wildman–Crippen MR) is 97.3 cm³/mol. The highest BCUT2D eigenvalue weighted by Gasteiger charge is 2.13. The number of aromatic nitrogens is 2. The van der Waals surface area contributed by atoms with Crippen molar-refractivity contribution in [3.63, 3.8) is 0 Å². The van der Waals surface area contributed by atoms with Crippen LogP contribution in [-0.2, 0) is 17.9 Å². The lowest BCUT2D eigenvalue weighted by molar-refractivity contribution is 0.0310. The number of hydrogen-bond acceptors (Lipinski definition) is 2. The summed E-state index contributed by atoms with van der Waals surface area (Å²) >= 11 is 11.9. The zero-order chi connectivity index (χ0) is 16.8. The van der Waals surface area contributed by atoms with Gasteiger partial charge in [-0.3, -0.25) is 0 Å². The van der Waals surface area contributed by atoms with Gasteiger partial charge in [-0.25, -0.2) is 4.98 Å². The Kier molecular flexibility index (Phi) is 5.91. The molecule has 1 unspecified atom stereocenters. The highest BCUT2D eigenvalue weighted by Crippen LogP contribution is 2.25. The Morgan fingerprint density at radius 3 is 2.25 bits per heavy atom. The molecule has 124 valence electrons. The van der Waals surface area contributed by atoms with Gasteiger partial charge in [0, 0.05) is 29.0 Å². The lowest BCUT2D eigenvalue weighted by Gasteiger charge is -2.19. The number of ether oxygens (including phenoxy) is 1. The Bertz CT molecular complexity index is 740. The molecule has 0 bridgehead atoms. The summed E-state index contributed by atoms with van der Waals surface area (Å²) in [5.74, 6) is 0. The number of imidazole rings is 1. The molecule has 3 aromatic rings. The molecule has 1 aromatic heterocycles. The molecule has 0 aliphatic carbocycles. The number of aryl methyl sites for hydroxylation is 1. The van der Waals surface area contributed by atoms with Crippen LogP contribution in [0.25, 0.3) is 0 Å². The van der Waals surface area contributed by atoms with Crippen LogP contribution in [0.1, 0.15) is 23.7 Å². The van der Waals surface area contributed by atoms with Crippen molar-refractivity contribution in [3.05, 3.63) is 88.4 Å². The number of rotatable bonds is 7. The molecular weight excluding hydrogens is 343 g/mol. The lowest BCUT2D eigenvalue weighted by Crippen LogP contribution is -2.08. The van der Waals surface area contributed by atoms with Crippen molar-refractivity contribution in [1.29, 1.82) is 0 Å². The van der Waals surface area contributed by atoms with Gasteiger partial charge in [-0.15, -0.1) is 0 Å². The fourth-order valence-electron chi connectivity index (χ4n) is 2.49. The summed E-state index contributed by atoms with van der Waals surface area (Å²) < 4.78 is 8.22. The molecule has 0 spiro atoms. The van der Waals surface area contributed by atoms with Crippen LogP contribution in [0.2, 0.25) is 10.0 Å². The molecule has 0 aliphatic heterocycles. The molecule has 24 heavy (non-hydrogen) atoms. The first-order chi connectivity index (χ1) is 11.7. The van der Waals surface area contributed by atoms with Crippen LogP contribution < -0.4 is 0 Å². The Balaban J connectivity index is 1.68. The fourth-order valence-corrected chi connectivity index (χ4v) is 2.74. The maximum absolute atomic E-state index is 6.17. The minimum atomic E-state index is -0.0136. The van der Waals surface area contributed by atoms with Gasteiger partial charge in [0.1, 0.15) is 0 Å². The molecule has 0 saturated heterocycles. The summed E-state index contributed by atoms with van der Waals surface area (Å²) in [7, 11) is 0. The average Bonchev–Trinajstić information content (AvgIpc) is 3.11. The van der Waals surface area contributed by atoms with Crippen molar-refractivity contribution in [2.45, 2.75) is 25.7 Å². The van der Waals surface area contributed by atoms with Crippen LogP contribution in [0.15, 0.2) is 67.3 Å². The zero-order valence-electron chi connectivity index (χ0n) is 13.1. The van der Waals surface area contributed by atoms with E-state index in [0.717, 1.165) is 34.1 Å². The van der Waals surface area contributed by atoms with Crippen LogP contribution in [0.5, 0.6) is 0 Å². The second kappa shape index (κ2) is 8.34. The molecule has 3 nitrogen and oxygen atoms in total. The Morgan fingerprint density at radius 1 is 0.958 bits per heavy atom. The molecule has 2 aromatic carbocycles. The van der Waals surface area contributed by atoms with E-state index in [4.69, 9.17) is 27.9 Å². The molecule has 1 heterocycles. The zero-order valence-corrected chi connectivity index (χ0v) is 14.6. The summed E-state index contributed by atoms with van der Waals surface area (Å²) in [5, 5.41) is 1.46. The van der Waals surface area contributed by atoms with Gasteiger partial charge < -0.3 is 9.30 Å². The number of nitrogens with zero attached hydrogens (tertiary/aromatic N) is 2. The maximum Gasteiger partial charge on any atom is 0.0945 e. The third-order valence-electron chi connectivity index (χ3n) is 3.81.